The Kier molecular flexibility index (Phi) is 6.57. The molecule has 1 aromatic carbocycles. The summed E-state index contributed by atoms with van der Waals surface area (Å²) in [4.78, 5) is 33.6. The minimum atomic E-state index is -0.534. The second-order valence-electron chi connectivity index (χ2n) is 7.58. The van der Waals surface area contributed by atoms with Crippen LogP contribution in [0.15, 0.2) is 35.1 Å². The van der Waals surface area contributed by atoms with E-state index in [2.05, 4.69) is 17.0 Å². The standard InChI is InChI=1S/C23H25N5O4S/c1-4-6-16-19-20(28(3)26-16)23(30)25-21(24-19)15-12-13(7-9-17(15)32-5-2)11-14-8-10-18(33-14)22(29)27-31/h7-10,12,31H,4-6,11H2,1-3H3,(H,27,29)(H,24,25,30). The molecule has 1 amide bonds. The number of hydroxylamine groups is 1. The number of amides is 1. The summed E-state index contributed by atoms with van der Waals surface area (Å²) in [6.07, 6.45) is 2.20. The molecule has 0 saturated carbocycles. The number of ether oxygens (including phenoxy) is 1. The van der Waals surface area contributed by atoms with Gasteiger partial charge >= 0.3 is 0 Å². The normalized spacial score (nSPS) is 11.2. The van der Waals surface area contributed by atoms with E-state index in [0.29, 0.717) is 46.1 Å². The Hall–Kier alpha value is -3.50. The fraction of sp³-hybridized carbons (Fsp3) is 0.304. The first kappa shape index (κ1) is 22.7. The average molecular weight is 468 g/mol. The molecule has 0 fully saturated rings. The van der Waals surface area contributed by atoms with E-state index in [-0.39, 0.29) is 5.56 Å². The van der Waals surface area contributed by atoms with Gasteiger partial charge in [0.25, 0.3) is 11.5 Å². The number of hydrogen-bond donors (Lipinski definition) is 3. The molecule has 0 radical (unpaired) electrons. The van der Waals surface area contributed by atoms with Gasteiger partial charge in [-0.1, -0.05) is 19.4 Å². The van der Waals surface area contributed by atoms with Crippen LogP contribution in [0.2, 0.25) is 0 Å². The van der Waals surface area contributed by atoms with Gasteiger partial charge in [-0.2, -0.15) is 5.10 Å². The van der Waals surface area contributed by atoms with Crippen molar-refractivity contribution in [1.29, 1.82) is 0 Å². The number of carbonyl (C=O) groups excluding carboxylic acids is 1. The molecule has 9 nitrogen and oxygen atoms in total. The molecule has 0 atom stereocenters. The number of aromatic amines is 1. The SMILES string of the molecule is CCCc1nn(C)c2c(=O)[nH]c(-c3cc(Cc4ccc(C(=O)NO)s4)ccc3OCC)nc12. The number of carbonyl (C=O) groups is 1. The summed E-state index contributed by atoms with van der Waals surface area (Å²) >= 11 is 1.30. The largest absolute Gasteiger partial charge is 0.493 e. The maximum absolute atomic E-state index is 12.9. The Morgan fingerprint density at radius 3 is 2.82 bits per heavy atom. The zero-order valence-corrected chi connectivity index (χ0v) is 19.5. The van der Waals surface area contributed by atoms with Crippen molar-refractivity contribution in [2.24, 2.45) is 7.05 Å². The summed E-state index contributed by atoms with van der Waals surface area (Å²) in [5.41, 5.74) is 4.90. The van der Waals surface area contributed by atoms with Gasteiger partial charge in [0.1, 0.15) is 17.1 Å². The molecule has 4 aromatic rings. The summed E-state index contributed by atoms with van der Waals surface area (Å²) < 4.78 is 7.40. The number of aryl methyl sites for hydroxylation is 2. The molecule has 0 aliphatic heterocycles. The molecular weight excluding hydrogens is 442 g/mol. The first-order valence-corrected chi connectivity index (χ1v) is 11.5. The molecule has 172 valence electrons. The number of rotatable bonds is 8. The van der Waals surface area contributed by atoms with Crippen molar-refractivity contribution < 1.29 is 14.7 Å². The summed E-state index contributed by atoms with van der Waals surface area (Å²) in [7, 11) is 1.75. The van der Waals surface area contributed by atoms with E-state index in [4.69, 9.17) is 14.9 Å². The molecule has 0 bridgehead atoms. The molecule has 3 heterocycles. The van der Waals surface area contributed by atoms with Gasteiger partial charge in [0, 0.05) is 18.3 Å². The number of thiophene rings is 1. The number of H-pyrrole nitrogens is 1. The predicted molar refractivity (Wildman–Crippen MR) is 126 cm³/mol. The summed E-state index contributed by atoms with van der Waals surface area (Å²) in [5, 5.41) is 13.3. The van der Waals surface area contributed by atoms with E-state index in [9.17, 15) is 9.59 Å². The van der Waals surface area contributed by atoms with Crippen molar-refractivity contribution >= 4 is 28.3 Å². The first-order valence-electron chi connectivity index (χ1n) is 10.7. The number of nitrogens with zero attached hydrogens (tertiary/aromatic N) is 3. The van der Waals surface area contributed by atoms with Gasteiger partial charge in [0.2, 0.25) is 0 Å². The van der Waals surface area contributed by atoms with Crippen molar-refractivity contribution in [1.82, 2.24) is 25.2 Å². The van der Waals surface area contributed by atoms with Crippen LogP contribution in [-0.4, -0.2) is 37.5 Å². The molecule has 4 rings (SSSR count). The maximum atomic E-state index is 12.9. The molecule has 3 N–H and O–H groups in total. The summed E-state index contributed by atoms with van der Waals surface area (Å²) in [6.45, 7) is 4.43. The molecule has 3 aromatic heterocycles. The van der Waals surface area contributed by atoms with Crippen LogP contribution in [0, 0.1) is 0 Å². The lowest BCUT2D eigenvalue weighted by Crippen LogP contribution is -2.16. The van der Waals surface area contributed by atoms with Gasteiger partial charge in [-0.05, 0) is 43.2 Å². The van der Waals surface area contributed by atoms with Crippen molar-refractivity contribution in [3.05, 3.63) is 61.7 Å². The minimum absolute atomic E-state index is 0.252. The highest BCUT2D eigenvalue weighted by Crippen LogP contribution is 2.31. The lowest BCUT2D eigenvalue weighted by Gasteiger charge is -2.12. The van der Waals surface area contributed by atoms with Gasteiger partial charge in [-0.25, -0.2) is 10.5 Å². The van der Waals surface area contributed by atoms with Crippen LogP contribution in [0.5, 0.6) is 5.75 Å². The quantitative estimate of drug-likeness (QED) is 0.270. The van der Waals surface area contributed by atoms with E-state index in [1.54, 1.807) is 23.3 Å². The number of hydrogen-bond acceptors (Lipinski definition) is 7. The van der Waals surface area contributed by atoms with E-state index in [1.807, 2.05) is 31.2 Å². The van der Waals surface area contributed by atoms with Crippen LogP contribution in [0.25, 0.3) is 22.4 Å². The van der Waals surface area contributed by atoms with E-state index in [0.717, 1.165) is 29.0 Å². The van der Waals surface area contributed by atoms with Crippen LogP contribution < -0.4 is 15.8 Å². The third-order valence-electron chi connectivity index (χ3n) is 5.21. The average Bonchev–Trinajstić information content (AvgIpc) is 3.39. The summed E-state index contributed by atoms with van der Waals surface area (Å²) in [5.74, 6) is 0.513. The highest BCUT2D eigenvalue weighted by Gasteiger charge is 2.18. The second-order valence-corrected chi connectivity index (χ2v) is 8.75. The zero-order valence-electron chi connectivity index (χ0n) is 18.6. The molecular formula is C23H25N5O4S. The Morgan fingerprint density at radius 2 is 2.09 bits per heavy atom. The van der Waals surface area contributed by atoms with E-state index < -0.39 is 5.91 Å². The highest BCUT2D eigenvalue weighted by molar-refractivity contribution is 7.14. The Balaban J connectivity index is 1.78. The van der Waals surface area contributed by atoms with Crippen molar-refractivity contribution in [3.8, 4) is 17.1 Å². The zero-order chi connectivity index (χ0) is 23.5. The van der Waals surface area contributed by atoms with Crippen molar-refractivity contribution in [2.75, 3.05) is 6.61 Å². The van der Waals surface area contributed by atoms with Crippen molar-refractivity contribution in [3.63, 3.8) is 0 Å². The fourth-order valence-corrected chi connectivity index (χ4v) is 4.72. The minimum Gasteiger partial charge on any atom is -0.493 e. The molecule has 33 heavy (non-hydrogen) atoms. The molecule has 0 aliphatic rings. The van der Waals surface area contributed by atoms with Crippen LogP contribution in [0.3, 0.4) is 0 Å². The van der Waals surface area contributed by atoms with Gasteiger partial charge < -0.3 is 9.72 Å². The van der Waals surface area contributed by atoms with Crippen LogP contribution in [-0.2, 0) is 19.9 Å². The second kappa shape index (κ2) is 9.55. The number of aromatic nitrogens is 4. The Morgan fingerprint density at radius 1 is 1.27 bits per heavy atom. The van der Waals surface area contributed by atoms with E-state index in [1.165, 1.54) is 11.3 Å². The molecule has 0 saturated heterocycles. The van der Waals surface area contributed by atoms with Gasteiger partial charge in [0.05, 0.1) is 22.7 Å². The summed E-state index contributed by atoms with van der Waals surface area (Å²) in [6, 6.07) is 9.28. The topological polar surface area (TPSA) is 122 Å². The molecule has 0 aliphatic carbocycles. The Labute approximate surface area is 194 Å². The van der Waals surface area contributed by atoms with Gasteiger partial charge in [-0.3, -0.25) is 19.5 Å². The fourth-order valence-electron chi connectivity index (χ4n) is 3.78. The maximum Gasteiger partial charge on any atom is 0.284 e. The molecule has 10 heteroatoms. The monoisotopic (exact) mass is 467 g/mol. The predicted octanol–water partition coefficient (Wildman–Crippen LogP) is 3.45. The lowest BCUT2D eigenvalue weighted by atomic mass is 10.1. The van der Waals surface area contributed by atoms with Crippen LogP contribution in [0.4, 0.5) is 0 Å². The third-order valence-corrected chi connectivity index (χ3v) is 6.30. The number of fused-ring (bicyclic) bond motifs is 1. The molecule has 0 unspecified atom stereocenters. The van der Waals surface area contributed by atoms with Gasteiger partial charge in [0.15, 0.2) is 5.52 Å². The number of nitrogens with one attached hydrogen (secondary N) is 2. The number of benzene rings is 1. The van der Waals surface area contributed by atoms with Crippen LogP contribution in [0.1, 0.15) is 46.1 Å². The van der Waals surface area contributed by atoms with Crippen LogP contribution >= 0.6 is 11.3 Å². The van der Waals surface area contributed by atoms with E-state index >= 15 is 0 Å². The first-order chi connectivity index (χ1) is 15.9. The highest BCUT2D eigenvalue weighted by atomic mass is 32.1. The third kappa shape index (κ3) is 4.53. The van der Waals surface area contributed by atoms with Crippen molar-refractivity contribution in [2.45, 2.75) is 33.1 Å². The molecule has 0 spiro atoms. The smallest absolute Gasteiger partial charge is 0.284 e. The Bertz CT molecular complexity index is 1370. The van der Waals surface area contributed by atoms with Gasteiger partial charge in [-0.15, -0.1) is 11.3 Å². The lowest BCUT2D eigenvalue weighted by molar-refractivity contribution is 0.0711.